The van der Waals surface area contributed by atoms with Crippen LogP contribution in [0.4, 0.5) is 4.79 Å². The minimum atomic E-state index is -1.45. The average Bonchev–Trinajstić information content (AvgIpc) is 3.60. The summed E-state index contributed by atoms with van der Waals surface area (Å²) in [7, 11) is 0. The first-order chi connectivity index (χ1) is 28.9. The molecule has 294 valence electrons. The van der Waals surface area contributed by atoms with E-state index < -0.39 is 42.0 Å². The van der Waals surface area contributed by atoms with Gasteiger partial charge in [0.15, 0.2) is 5.78 Å². The Morgan fingerprint density at radius 3 is 1.59 bits per heavy atom. The second kappa shape index (κ2) is 18.8. The average molecular weight is 781 g/mol. The van der Waals surface area contributed by atoms with Gasteiger partial charge in [-0.2, -0.15) is 5.26 Å². The molecule has 59 heavy (non-hydrogen) atoms. The van der Waals surface area contributed by atoms with Crippen molar-refractivity contribution in [1.29, 1.82) is 5.26 Å². The number of benzene rings is 6. The maximum absolute atomic E-state index is 14.6. The summed E-state index contributed by atoms with van der Waals surface area (Å²) in [6, 6.07) is 53.3. The molecule has 0 saturated carbocycles. The molecule has 6 aromatic rings. The van der Waals surface area contributed by atoms with E-state index in [1.807, 2.05) is 176 Å². The van der Waals surface area contributed by atoms with Crippen LogP contribution in [0.15, 0.2) is 170 Å². The number of carbonyl (C=O) groups excluding carboxylic acids is 4. The number of ether oxygens (including phenoxy) is 1. The van der Waals surface area contributed by atoms with Crippen LogP contribution in [0.25, 0.3) is 11.1 Å². The Morgan fingerprint density at radius 2 is 1.08 bits per heavy atom. The third kappa shape index (κ3) is 9.14. The van der Waals surface area contributed by atoms with Crippen LogP contribution in [0.3, 0.4) is 0 Å². The van der Waals surface area contributed by atoms with Crippen molar-refractivity contribution in [2.24, 2.45) is 0 Å². The molecule has 0 heterocycles. The van der Waals surface area contributed by atoms with Crippen molar-refractivity contribution in [3.8, 4) is 17.2 Å². The largest absolute Gasteiger partial charge is 0.449 e. The van der Waals surface area contributed by atoms with Gasteiger partial charge in [-0.3, -0.25) is 14.4 Å². The first-order valence-corrected chi connectivity index (χ1v) is 19.7. The van der Waals surface area contributed by atoms with Gasteiger partial charge in [-0.15, -0.1) is 0 Å². The molecular weight excluding hydrogens is 737 g/mol. The molecule has 3 N–H and O–H groups in total. The number of nitriles is 1. The number of hydrogen-bond acceptors (Lipinski definition) is 6. The van der Waals surface area contributed by atoms with Crippen molar-refractivity contribution < 1.29 is 23.9 Å². The first kappa shape index (κ1) is 39.9. The maximum atomic E-state index is 14.6. The molecule has 0 saturated heterocycles. The highest BCUT2D eigenvalue weighted by Gasteiger charge is 2.39. The van der Waals surface area contributed by atoms with Crippen molar-refractivity contribution in [1.82, 2.24) is 16.0 Å². The molecule has 1 aliphatic rings. The fraction of sp³-hybridized carbons (Fsp3) is 0.180. The summed E-state index contributed by atoms with van der Waals surface area (Å²) >= 11 is 0. The Balaban J connectivity index is 1.18. The molecule has 3 amide bonds. The summed E-state index contributed by atoms with van der Waals surface area (Å²) in [5.74, 6) is -1.87. The molecule has 0 bridgehead atoms. The van der Waals surface area contributed by atoms with Gasteiger partial charge in [-0.25, -0.2) is 4.79 Å². The van der Waals surface area contributed by atoms with Crippen LogP contribution in [0.2, 0.25) is 0 Å². The van der Waals surface area contributed by atoms with Gasteiger partial charge in [0.1, 0.15) is 18.2 Å². The highest BCUT2D eigenvalue weighted by atomic mass is 16.5. The number of hydrogen-bond donors (Lipinski definition) is 3. The molecule has 2 atom stereocenters. The Labute approximate surface area is 344 Å². The van der Waals surface area contributed by atoms with E-state index in [9.17, 15) is 24.4 Å². The summed E-state index contributed by atoms with van der Waals surface area (Å²) in [6.07, 6.45) is -1.33. The maximum Gasteiger partial charge on any atom is 0.407 e. The van der Waals surface area contributed by atoms with Crippen molar-refractivity contribution in [3.63, 3.8) is 0 Å². The van der Waals surface area contributed by atoms with Crippen LogP contribution in [0.5, 0.6) is 0 Å². The number of rotatable bonds is 16. The van der Waals surface area contributed by atoms with Gasteiger partial charge in [-0.05, 0) is 50.9 Å². The molecule has 1 aliphatic carbocycles. The predicted molar refractivity (Wildman–Crippen MR) is 226 cm³/mol. The molecule has 0 aliphatic heterocycles. The number of ketones is 1. The standard InChI is InChI=1S/C50H44N4O5/c51-31-17-30-46(55)44(32-35-18-5-1-6-19-35)52-48(57)45(53-49(58)59-34-43-41-28-15-13-26-39(41)40-27-14-16-29-42(40)43)33-47(56)54-50(36-20-7-2-8-21-36,37-22-9-3-10-23-37)38-24-11-4-12-25-38/h1-16,18-29,43-45H,17,30,32-34H2,(H,52,57)(H,53,58)(H,54,56)/t44-,45-/m0/s1. The number of carbonyl (C=O) groups is 4. The third-order valence-corrected chi connectivity index (χ3v) is 10.8. The van der Waals surface area contributed by atoms with Crippen LogP contribution in [0, 0.1) is 11.3 Å². The molecule has 0 unspecified atom stereocenters. The van der Waals surface area contributed by atoms with E-state index in [4.69, 9.17) is 4.74 Å². The lowest BCUT2D eigenvalue weighted by Crippen LogP contribution is -2.55. The zero-order chi connectivity index (χ0) is 41.0. The molecular formula is C50H44N4O5. The molecule has 0 radical (unpaired) electrons. The van der Waals surface area contributed by atoms with Gasteiger partial charge < -0.3 is 20.7 Å². The molecule has 9 heteroatoms. The summed E-state index contributed by atoms with van der Waals surface area (Å²) in [5.41, 5.74) is 6.12. The van der Waals surface area contributed by atoms with E-state index in [2.05, 4.69) is 16.0 Å². The fourth-order valence-corrected chi connectivity index (χ4v) is 7.94. The van der Waals surface area contributed by atoms with Gasteiger partial charge in [0, 0.05) is 18.8 Å². The monoisotopic (exact) mass is 780 g/mol. The van der Waals surface area contributed by atoms with Gasteiger partial charge in [0.25, 0.3) is 0 Å². The lowest BCUT2D eigenvalue weighted by atomic mass is 9.77. The first-order valence-electron chi connectivity index (χ1n) is 19.7. The zero-order valence-electron chi connectivity index (χ0n) is 32.4. The number of alkyl carbamates (subject to hydrolysis) is 1. The van der Waals surface area contributed by atoms with Gasteiger partial charge in [0.05, 0.1) is 18.5 Å². The van der Waals surface area contributed by atoms with E-state index >= 15 is 0 Å². The highest BCUT2D eigenvalue weighted by molar-refractivity contribution is 5.95. The number of nitrogens with zero attached hydrogens (tertiary/aromatic N) is 1. The highest BCUT2D eigenvalue weighted by Crippen LogP contribution is 2.44. The Morgan fingerprint density at radius 1 is 0.610 bits per heavy atom. The van der Waals surface area contributed by atoms with Crippen LogP contribution in [-0.2, 0) is 31.1 Å². The SMILES string of the molecule is N#CCCC(=O)[C@H](Cc1ccccc1)NC(=O)[C@H](CC(=O)NC(c1ccccc1)(c1ccccc1)c1ccccc1)NC(=O)OCC1c2ccccc2-c2ccccc21. The smallest absolute Gasteiger partial charge is 0.407 e. The Hall–Kier alpha value is -7.31. The molecule has 9 nitrogen and oxygen atoms in total. The minimum Gasteiger partial charge on any atom is -0.449 e. The second-order valence-corrected chi connectivity index (χ2v) is 14.5. The number of amides is 3. The Kier molecular flexibility index (Phi) is 12.7. The van der Waals surface area contributed by atoms with Gasteiger partial charge in [0.2, 0.25) is 11.8 Å². The van der Waals surface area contributed by atoms with Crippen molar-refractivity contribution in [2.45, 2.75) is 49.2 Å². The van der Waals surface area contributed by atoms with Crippen LogP contribution in [-0.4, -0.2) is 42.4 Å². The lowest BCUT2D eigenvalue weighted by molar-refractivity contribution is -0.131. The summed E-state index contributed by atoms with van der Waals surface area (Å²) in [5, 5.41) is 18.0. The number of nitrogens with one attached hydrogen (secondary N) is 3. The molecule has 7 rings (SSSR count). The van der Waals surface area contributed by atoms with Crippen molar-refractivity contribution >= 4 is 23.7 Å². The number of Topliss-reactive ketones (excluding diaryl/α,β-unsaturated/α-hetero) is 1. The topological polar surface area (TPSA) is 137 Å². The van der Waals surface area contributed by atoms with Crippen LogP contribution >= 0.6 is 0 Å². The minimum absolute atomic E-state index is 0.0111. The number of fused-ring (bicyclic) bond motifs is 3. The van der Waals surface area contributed by atoms with Gasteiger partial charge >= 0.3 is 6.09 Å². The van der Waals surface area contributed by atoms with E-state index in [1.54, 1.807) is 0 Å². The summed E-state index contributed by atoms with van der Waals surface area (Å²) < 4.78 is 5.85. The summed E-state index contributed by atoms with van der Waals surface area (Å²) in [4.78, 5) is 56.2. The third-order valence-electron chi connectivity index (χ3n) is 10.8. The predicted octanol–water partition coefficient (Wildman–Crippen LogP) is 7.99. The van der Waals surface area contributed by atoms with Gasteiger partial charge in [-0.1, -0.05) is 170 Å². The normalized spacial score (nSPS) is 12.8. The van der Waals surface area contributed by atoms with E-state index in [1.165, 1.54) is 0 Å². The Bertz CT molecular complexity index is 2290. The molecule has 0 fully saturated rings. The fourth-order valence-electron chi connectivity index (χ4n) is 7.94. The molecule has 6 aromatic carbocycles. The van der Waals surface area contributed by atoms with Crippen molar-refractivity contribution in [3.05, 3.63) is 203 Å². The van der Waals surface area contributed by atoms with Crippen LogP contribution in [0.1, 0.15) is 58.6 Å². The van der Waals surface area contributed by atoms with E-state index in [0.29, 0.717) is 0 Å². The zero-order valence-corrected chi connectivity index (χ0v) is 32.4. The second-order valence-electron chi connectivity index (χ2n) is 14.5. The lowest BCUT2D eigenvalue weighted by Gasteiger charge is -2.37. The van der Waals surface area contributed by atoms with E-state index in [0.717, 1.165) is 44.5 Å². The van der Waals surface area contributed by atoms with Crippen molar-refractivity contribution in [2.75, 3.05) is 6.61 Å². The van der Waals surface area contributed by atoms with E-state index in [-0.39, 0.29) is 37.6 Å². The quantitative estimate of drug-likeness (QED) is 0.0852. The molecule has 0 spiro atoms. The summed E-state index contributed by atoms with van der Waals surface area (Å²) in [6.45, 7) is -0.0111. The van der Waals surface area contributed by atoms with Crippen LogP contribution < -0.4 is 16.0 Å². The molecule has 0 aromatic heterocycles.